The molecular weight excluding hydrogens is 898 g/mol. The normalized spacial score (nSPS) is 24.7. The predicted octanol–water partition coefficient (Wildman–Crippen LogP) is 8.72. The van der Waals surface area contributed by atoms with E-state index in [1.807, 2.05) is 0 Å². The van der Waals surface area contributed by atoms with Crippen molar-refractivity contribution in [3.63, 3.8) is 0 Å². The number of phosphoric acid groups is 2. The Bertz CT molecular complexity index is 1440. The van der Waals surface area contributed by atoms with Crippen LogP contribution in [0.4, 0.5) is 0 Å². The molecule has 0 bridgehead atoms. The lowest BCUT2D eigenvalue weighted by molar-refractivity contribution is -0.216. The average Bonchev–Trinajstić information content (AvgIpc) is 4.03. The summed E-state index contributed by atoms with van der Waals surface area (Å²) in [6.45, 7) is 3.07. The monoisotopic (exact) mass is 985 g/mol. The molecule has 1 aliphatic heterocycles. The van der Waals surface area contributed by atoms with Gasteiger partial charge in [-0.1, -0.05) is 141 Å². The van der Waals surface area contributed by atoms with Crippen molar-refractivity contribution in [1.29, 1.82) is 0 Å². The van der Waals surface area contributed by atoms with Crippen molar-refractivity contribution in [2.75, 3.05) is 13.2 Å². The van der Waals surface area contributed by atoms with Crippen molar-refractivity contribution >= 4 is 27.6 Å². The standard InChI is InChI=1S/C47H86O17P2/c1-3-5-7-8-9-10-11-12-13-14-15-16-17-18-23-26-30-34-41(49)61-37(36-60-66(57,58)64-47-44(52)42(50)43(51)46(45(47)53)63-65(54,55)56)35-59-40(48)33-29-25-22-20-19-21-24-28-32-39-38(62-39)31-27-6-4-2/h12-13,24,28,37-39,42-47,50-53H,3-11,14-23,25-27,29-36H2,1-2H3,(H,57,58)(H2,54,55,56)/b13-12-,28-24-/t37-,38?,39?,42?,43?,44?,45?,46-,47+/m1/s1. The summed E-state index contributed by atoms with van der Waals surface area (Å²) in [6.07, 6.45) is 23.0. The maximum absolute atomic E-state index is 13.0. The van der Waals surface area contributed by atoms with E-state index in [1.54, 1.807) is 0 Å². The average molecular weight is 985 g/mol. The van der Waals surface area contributed by atoms with Crippen molar-refractivity contribution in [2.45, 2.75) is 249 Å². The van der Waals surface area contributed by atoms with Crippen LogP contribution in [0, 0.1) is 0 Å². The van der Waals surface area contributed by atoms with Crippen LogP contribution >= 0.6 is 15.6 Å². The minimum absolute atomic E-state index is 0.0348. The number of unbranched alkanes of at least 4 members (excludes halogenated alkanes) is 20. The van der Waals surface area contributed by atoms with Crippen LogP contribution in [0.15, 0.2) is 24.3 Å². The summed E-state index contributed by atoms with van der Waals surface area (Å²) in [5.74, 6) is -1.23. The van der Waals surface area contributed by atoms with E-state index in [2.05, 4.69) is 42.7 Å². The smallest absolute Gasteiger partial charge is 0.462 e. The zero-order chi connectivity index (χ0) is 48.6. The van der Waals surface area contributed by atoms with Gasteiger partial charge in [-0.15, -0.1) is 0 Å². The summed E-state index contributed by atoms with van der Waals surface area (Å²) in [6, 6.07) is 0. The number of allylic oxidation sites excluding steroid dienone is 3. The molecule has 0 aromatic heterocycles. The number of carbonyl (C=O) groups is 2. The van der Waals surface area contributed by atoms with Gasteiger partial charge in [0, 0.05) is 12.8 Å². The third-order valence-electron chi connectivity index (χ3n) is 11.9. The highest BCUT2D eigenvalue weighted by Gasteiger charge is 2.54. The van der Waals surface area contributed by atoms with E-state index in [0.29, 0.717) is 25.0 Å². The van der Waals surface area contributed by atoms with Crippen LogP contribution in [0.3, 0.4) is 0 Å². The minimum Gasteiger partial charge on any atom is -0.462 e. The Morgan fingerprint density at radius 3 is 1.56 bits per heavy atom. The van der Waals surface area contributed by atoms with Crippen molar-refractivity contribution in [2.24, 2.45) is 0 Å². The molecule has 1 saturated carbocycles. The zero-order valence-corrected chi connectivity index (χ0v) is 41.6. The third-order valence-corrected chi connectivity index (χ3v) is 13.4. The lowest BCUT2D eigenvalue weighted by Crippen LogP contribution is -2.64. The largest absolute Gasteiger partial charge is 0.472 e. The van der Waals surface area contributed by atoms with E-state index < -0.39 is 83.5 Å². The number of hydrogen-bond donors (Lipinski definition) is 7. The molecule has 17 nitrogen and oxygen atoms in total. The number of carbonyl (C=O) groups excluding carboxylic acids is 2. The van der Waals surface area contributed by atoms with Gasteiger partial charge in [-0.2, -0.15) is 0 Å². The Balaban J connectivity index is 1.77. The summed E-state index contributed by atoms with van der Waals surface area (Å²) in [5, 5.41) is 41.3. The lowest BCUT2D eigenvalue weighted by atomic mass is 9.85. The molecule has 7 N–H and O–H groups in total. The highest BCUT2D eigenvalue weighted by molar-refractivity contribution is 7.47. The Morgan fingerprint density at radius 2 is 1.02 bits per heavy atom. The molecule has 7 unspecified atom stereocenters. The molecule has 66 heavy (non-hydrogen) atoms. The second-order valence-corrected chi connectivity index (χ2v) is 20.5. The van der Waals surface area contributed by atoms with Gasteiger partial charge in [-0.3, -0.25) is 23.2 Å². The number of epoxide rings is 1. The van der Waals surface area contributed by atoms with Crippen molar-refractivity contribution in [3.8, 4) is 0 Å². The molecule has 2 aliphatic rings. The molecule has 386 valence electrons. The Kier molecular flexibility index (Phi) is 32.6. The van der Waals surface area contributed by atoms with Gasteiger partial charge in [-0.25, -0.2) is 9.13 Å². The SMILES string of the molecule is CCCCCCCC/C=C\CCCCCCCCCC(=O)O[C@H](COC(=O)CCCCCCC/C=C\CC1OC1CCCCC)COP(=O)(O)O[C@H]1C(O)C(O)C(O)[C@@H](OP(=O)(O)O)C1O. The summed E-state index contributed by atoms with van der Waals surface area (Å²) >= 11 is 0. The first-order valence-corrected chi connectivity index (χ1v) is 28.0. The van der Waals surface area contributed by atoms with Gasteiger partial charge < -0.3 is 49.3 Å². The fraction of sp³-hybridized carbons (Fsp3) is 0.872. The van der Waals surface area contributed by atoms with Gasteiger partial charge in [0.1, 0.15) is 43.2 Å². The van der Waals surface area contributed by atoms with Gasteiger partial charge in [0.05, 0.1) is 18.8 Å². The maximum atomic E-state index is 13.0. The van der Waals surface area contributed by atoms with Gasteiger partial charge in [0.25, 0.3) is 0 Å². The van der Waals surface area contributed by atoms with Crippen LogP contribution in [0.1, 0.15) is 194 Å². The number of rotatable bonds is 41. The van der Waals surface area contributed by atoms with E-state index in [1.165, 1.54) is 57.8 Å². The van der Waals surface area contributed by atoms with E-state index in [-0.39, 0.29) is 12.8 Å². The number of hydrogen-bond acceptors (Lipinski definition) is 14. The second-order valence-electron chi connectivity index (χ2n) is 17.9. The van der Waals surface area contributed by atoms with Gasteiger partial charge in [0.15, 0.2) is 6.10 Å². The maximum Gasteiger partial charge on any atom is 0.472 e. The van der Waals surface area contributed by atoms with Crippen molar-refractivity contribution < 1.29 is 81.6 Å². The second kappa shape index (κ2) is 35.5. The molecular formula is C47H86O17P2. The Labute approximate surface area is 394 Å². The highest BCUT2D eigenvalue weighted by atomic mass is 31.2. The topological polar surface area (TPSA) is 269 Å². The molecule has 0 aromatic carbocycles. The van der Waals surface area contributed by atoms with Crippen molar-refractivity contribution in [1.82, 2.24) is 0 Å². The molecule has 19 heteroatoms. The van der Waals surface area contributed by atoms with Crippen LogP contribution in [-0.2, 0) is 46.5 Å². The van der Waals surface area contributed by atoms with Crippen LogP contribution in [0.2, 0.25) is 0 Å². The number of aliphatic hydroxyl groups is 4. The molecule has 1 heterocycles. The van der Waals surface area contributed by atoms with Crippen LogP contribution in [0.25, 0.3) is 0 Å². The summed E-state index contributed by atoms with van der Waals surface area (Å²) in [7, 11) is -10.7. The summed E-state index contributed by atoms with van der Waals surface area (Å²) in [4.78, 5) is 54.4. The molecule has 0 aromatic rings. The first-order chi connectivity index (χ1) is 31.6. The fourth-order valence-electron chi connectivity index (χ4n) is 7.91. The molecule has 10 atom stereocenters. The number of esters is 2. The van der Waals surface area contributed by atoms with Crippen LogP contribution in [0.5, 0.6) is 0 Å². The quantitative estimate of drug-likeness (QED) is 0.00992. The number of aliphatic hydroxyl groups excluding tert-OH is 4. The molecule has 1 saturated heterocycles. The number of phosphoric ester groups is 2. The van der Waals surface area contributed by atoms with E-state index >= 15 is 0 Å². The van der Waals surface area contributed by atoms with Gasteiger partial charge in [0.2, 0.25) is 0 Å². The predicted molar refractivity (Wildman–Crippen MR) is 250 cm³/mol. The van der Waals surface area contributed by atoms with Crippen molar-refractivity contribution in [3.05, 3.63) is 24.3 Å². The minimum atomic E-state index is -5.37. The Morgan fingerprint density at radius 1 is 0.545 bits per heavy atom. The molecule has 2 fully saturated rings. The Hall–Kier alpha value is -1.56. The lowest BCUT2D eigenvalue weighted by Gasteiger charge is -2.43. The van der Waals surface area contributed by atoms with E-state index in [4.69, 9.17) is 23.3 Å². The molecule has 0 spiro atoms. The summed E-state index contributed by atoms with van der Waals surface area (Å²) in [5.41, 5.74) is 0. The third kappa shape index (κ3) is 28.8. The fourth-order valence-corrected chi connectivity index (χ4v) is 9.45. The van der Waals surface area contributed by atoms with E-state index in [0.717, 1.165) is 96.3 Å². The summed E-state index contributed by atoms with van der Waals surface area (Å²) < 4.78 is 55.2. The van der Waals surface area contributed by atoms with Crippen LogP contribution < -0.4 is 0 Å². The first kappa shape index (κ1) is 60.6. The van der Waals surface area contributed by atoms with Gasteiger partial charge >= 0.3 is 27.6 Å². The van der Waals surface area contributed by atoms with Crippen LogP contribution in [-0.4, -0.2) is 115 Å². The van der Waals surface area contributed by atoms with Gasteiger partial charge in [-0.05, 0) is 64.2 Å². The molecule has 1 aliphatic carbocycles. The first-order valence-electron chi connectivity index (χ1n) is 25.0. The van der Waals surface area contributed by atoms with E-state index in [9.17, 15) is 53.8 Å². The number of ether oxygens (including phenoxy) is 3. The molecule has 0 amide bonds. The molecule has 2 rings (SSSR count). The zero-order valence-electron chi connectivity index (χ0n) is 39.8. The molecule has 0 radical (unpaired) electrons. The highest BCUT2D eigenvalue weighted by Crippen LogP contribution is 2.49.